The molecule has 11 nitrogen and oxygen atoms in total. The predicted octanol–water partition coefficient (Wildman–Crippen LogP) is 3.93. The minimum absolute atomic E-state index is 0.138. The average Bonchev–Trinajstić information content (AvgIpc) is 3.33. The van der Waals surface area contributed by atoms with Crippen molar-refractivity contribution in [2.45, 2.75) is 37.5 Å². The molecule has 0 spiro atoms. The van der Waals surface area contributed by atoms with Crippen LogP contribution in [0.3, 0.4) is 0 Å². The van der Waals surface area contributed by atoms with Gasteiger partial charge in [0.2, 0.25) is 5.91 Å². The van der Waals surface area contributed by atoms with Crippen LogP contribution >= 0.6 is 11.6 Å². The lowest BCUT2D eigenvalue weighted by atomic mass is 10.1. The minimum Gasteiger partial charge on any atom is -0.450 e. The standard InChI is InChI=1S/C25H26ClFN4O7/c1-37-17-12-20(31(13-17)24(34)28-15-6-4-14(26)5-7-15)22(32)29-19-9-8-16(11-18(19)27)30-10-2-3-21(23(30)33)38-25(35)36/h4-9,11,17,20-21H,2-3,10,12-13H2,1H3,(H,28,34)(H,29,32)(H,35,36). The molecule has 2 fully saturated rings. The quantitative estimate of drug-likeness (QED) is 0.465. The van der Waals surface area contributed by atoms with Crippen LogP contribution < -0.4 is 15.5 Å². The molecule has 2 aromatic rings. The molecule has 38 heavy (non-hydrogen) atoms. The molecule has 2 saturated heterocycles. The molecule has 0 aromatic heterocycles. The molecule has 4 rings (SSSR count). The van der Waals surface area contributed by atoms with Crippen LogP contribution in [0.25, 0.3) is 0 Å². The number of carboxylic acid groups (broad SMARTS) is 1. The van der Waals surface area contributed by atoms with Crippen LogP contribution in [-0.2, 0) is 19.1 Å². The number of methoxy groups -OCH3 is 1. The normalized spacial score (nSPS) is 21.2. The Morgan fingerprint density at radius 3 is 2.53 bits per heavy atom. The van der Waals surface area contributed by atoms with Crippen molar-refractivity contribution >= 4 is 52.7 Å². The molecule has 4 amide bonds. The van der Waals surface area contributed by atoms with E-state index in [1.54, 1.807) is 24.3 Å². The van der Waals surface area contributed by atoms with Gasteiger partial charge >= 0.3 is 12.2 Å². The molecule has 0 radical (unpaired) electrons. The first-order chi connectivity index (χ1) is 18.2. The molecule has 2 aromatic carbocycles. The second kappa shape index (κ2) is 11.7. The van der Waals surface area contributed by atoms with Gasteiger partial charge in [0.1, 0.15) is 11.9 Å². The van der Waals surface area contributed by atoms with Gasteiger partial charge in [0.15, 0.2) is 6.10 Å². The second-order valence-electron chi connectivity index (χ2n) is 8.86. The molecule has 3 unspecified atom stereocenters. The highest BCUT2D eigenvalue weighted by molar-refractivity contribution is 6.30. The fraction of sp³-hybridized carbons (Fsp3) is 0.360. The van der Waals surface area contributed by atoms with Crippen molar-refractivity contribution in [3.63, 3.8) is 0 Å². The lowest BCUT2D eigenvalue weighted by molar-refractivity contribution is -0.129. The number of likely N-dealkylation sites (tertiary alicyclic amines) is 1. The number of ether oxygens (including phenoxy) is 2. The maximum atomic E-state index is 15.0. The van der Waals surface area contributed by atoms with Crippen molar-refractivity contribution < 1.29 is 38.1 Å². The highest BCUT2D eigenvalue weighted by Gasteiger charge is 2.40. The number of hydrogen-bond donors (Lipinski definition) is 3. The molecule has 3 N–H and O–H groups in total. The first-order valence-corrected chi connectivity index (χ1v) is 12.2. The number of anilines is 3. The summed E-state index contributed by atoms with van der Waals surface area (Å²) < 4.78 is 25.0. The molecule has 0 aliphatic carbocycles. The summed E-state index contributed by atoms with van der Waals surface area (Å²) in [6.07, 6.45) is -2.19. The number of carbonyl (C=O) groups is 4. The predicted molar refractivity (Wildman–Crippen MR) is 136 cm³/mol. The van der Waals surface area contributed by atoms with Gasteiger partial charge in [0, 0.05) is 43.0 Å². The summed E-state index contributed by atoms with van der Waals surface area (Å²) >= 11 is 5.88. The summed E-state index contributed by atoms with van der Waals surface area (Å²) in [5, 5.41) is 14.6. The molecule has 2 aliphatic rings. The van der Waals surface area contributed by atoms with Crippen LogP contribution in [0.5, 0.6) is 0 Å². The van der Waals surface area contributed by atoms with Crippen molar-refractivity contribution in [2.24, 2.45) is 0 Å². The van der Waals surface area contributed by atoms with E-state index in [1.807, 2.05) is 0 Å². The van der Waals surface area contributed by atoms with Crippen molar-refractivity contribution in [3.05, 3.63) is 53.3 Å². The molecular formula is C25H26ClFN4O7. The van der Waals surface area contributed by atoms with E-state index in [2.05, 4.69) is 15.4 Å². The number of hydrogen-bond acceptors (Lipinski definition) is 6. The van der Waals surface area contributed by atoms with Crippen LogP contribution in [0.2, 0.25) is 5.02 Å². The van der Waals surface area contributed by atoms with E-state index in [9.17, 15) is 23.6 Å². The van der Waals surface area contributed by atoms with Crippen LogP contribution in [0.4, 0.5) is 31.0 Å². The Bertz CT molecular complexity index is 1230. The highest BCUT2D eigenvalue weighted by atomic mass is 35.5. The molecule has 202 valence electrons. The van der Waals surface area contributed by atoms with E-state index in [-0.39, 0.29) is 43.4 Å². The lowest BCUT2D eigenvalue weighted by Gasteiger charge is -2.31. The Morgan fingerprint density at radius 2 is 1.87 bits per heavy atom. The number of benzene rings is 2. The van der Waals surface area contributed by atoms with Crippen LogP contribution in [0.1, 0.15) is 19.3 Å². The van der Waals surface area contributed by atoms with Crippen molar-refractivity contribution in [1.82, 2.24) is 4.90 Å². The van der Waals surface area contributed by atoms with Gasteiger partial charge in [-0.3, -0.25) is 9.59 Å². The molecule has 2 heterocycles. The van der Waals surface area contributed by atoms with Gasteiger partial charge in [-0.25, -0.2) is 14.0 Å². The number of nitrogens with one attached hydrogen (secondary N) is 2. The van der Waals surface area contributed by atoms with Gasteiger partial charge in [0.05, 0.1) is 11.8 Å². The number of amides is 4. The topological polar surface area (TPSA) is 138 Å². The minimum atomic E-state index is -1.56. The van der Waals surface area contributed by atoms with Crippen molar-refractivity contribution in [1.29, 1.82) is 0 Å². The third kappa shape index (κ3) is 6.14. The number of carbonyl (C=O) groups excluding carboxylic acids is 3. The maximum Gasteiger partial charge on any atom is 0.506 e. The molecule has 2 aliphatic heterocycles. The zero-order valence-electron chi connectivity index (χ0n) is 20.4. The van der Waals surface area contributed by atoms with Gasteiger partial charge in [-0.1, -0.05) is 11.6 Å². The number of rotatable bonds is 6. The van der Waals surface area contributed by atoms with E-state index < -0.39 is 42.0 Å². The van der Waals surface area contributed by atoms with Gasteiger partial charge in [-0.2, -0.15) is 0 Å². The molecule has 13 heteroatoms. The van der Waals surface area contributed by atoms with E-state index in [0.717, 1.165) is 6.07 Å². The van der Waals surface area contributed by atoms with E-state index in [1.165, 1.54) is 29.0 Å². The second-order valence-corrected chi connectivity index (χ2v) is 9.29. The summed E-state index contributed by atoms with van der Waals surface area (Å²) in [5.74, 6) is -2.00. The fourth-order valence-electron chi connectivity index (χ4n) is 4.49. The number of halogens is 2. The first kappa shape index (κ1) is 27.1. The summed E-state index contributed by atoms with van der Waals surface area (Å²) in [7, 11) is 1.48. The van der Waals surface area contributed by atoms with E-state index in [0.29, 0.717) is 17.1 Å². The fourth-order valence-corrected chi connectivity index (χ4v) is 4.61. The Morgan fingerprint density at radius 1 is 1.13 bits per heavy atom. The zero-order valence-corrected chi connectivity index (χ0v) is 21.1. The van der Waals surface area contributed by atoms with Crippen LogP contribution in [-0.4, -0.2) is 72.5 Å². The molecule has 3 atom stereocenters. The molecular weight excluding hydrogens is 523 g/mol. The van der Waals surface area contributed by atoms with Crippen molar-refractivity contribution in [3.8, 4) is 0 Å². The summed E-state index contributed by atoms with van der Waals surface area (Å²) in [6, 6.07) is 8.86. The third-order valence-corrected chi connectivity index (χ3v) is 6.66. The monoisotopic (exact) mass is 548 g/mol. The summed E-state index contributed by atoms with van der Waals surface area (Å²) in [4.78, 5) is 52.0. The number of nitrogens with zero attached hydrogens (tertiary/aromatic N) is 2. The smallest absolute Gasteiger partial charge is 0.450 e. The Kier molecular flexibility index (Phi) is 8.32. The average molecular weight is 549 g/mol. The SMILES string of the molecule is COC1CC(C(=O)Nc2ccc(N3CCCC(OC(=O)O)C3=O)cc2F)N(C(=O)Nc2ccc(Cl)cc2)C1. The van der Waals surface area contributed by atoms with Crippen molar-refractivity contribution in [2.75, 3.05) is 35.7 Å². The van der Waals surface area contributed by atoms with Crippen LogP contribution in [0, 0.1) is 5.82 Å². The number of urea groups is 1. The van der Waals surface area contributed by atoms with E-state index >= 15 is 0 Å². The Balaban J connectivity index is 1.45. The van der Waals surface area contributed by atoms with Crippen LogP contribution in [0.15, 0.2) is 42.5 Å². The van der Waals surface area contributed by atoms with E-state index in [4.69, 9.17) is 21.4 Å². The Hall–Kier alpha value is -3.90. The van der Waals surface area contributed by atoms with Gasteiger partial charge in [-0.05, 0) is 55.3 Å². The third-order valence-electron chi connectivity index (χ3n) is 6.41. The number of piperidine rings is 1. The zero-order chi connectivity index (χ0) is 27.4. The van der Waals surface area contributed by atoms with Gasteiger partial charge in [0.25, 0.3) is 5.91 Å². The molecule has 0 bridgehead atoms. The lowest BCUT2D eigenvalue weighted by Crippen LogP contribution is -2.46. The van der Waals surface area contributed by atoms with Gasteiger partial charge in [-0.15, -0.1) is 0 Å². The first-order valence-electron chi connectivity index (χ1n) is 11.8. The van der Waals surface area contributed by atoms with Gasteiger partial charge < -0.3 is 35.0 Å². The summed E-state index contributed by atoms with van der Waals surface area (Å²) in [6.45, 7) is 0.424. The Labute approximate surface area is 222 Å². The molecule has 0 saturated carbocycles. The maximum absolute atomic E-state index is 15.0. The largest absolute Gasteiger partial charge is 0.506 e. The summed E-state index contributed by atoms with van der Waals surface area (Å²) in [5.41, 5.74) is 0.554. The highest BCUT2D eigenvalue weighted by Crippen LogP contribution is 2.28.